The quantitative estimate of drug-likeness (QED) is 0.859. The Balaban J connectivity index is 1.98. The first-order valence-electron chi connectivity index (χ1n) is 7.15. The molecule has 1 atom stereocenters. The van der Waals surface area contributed by atoms with Gasteiger partial charge in [0.25, 0.3) is 0 Å². The van der Waals surface area contributed by atoms with E-state index in [9.17, 15) is 27.1 Å². The Labute approximate surface area is 134 Å². The molecular formula is C16H13F5N2O. The first kappa shape index (κ1) is 16.8. The van der Waals surface area contributed by atoms with Gasteiger partial charge in [-0.15, -0.1) is 0 Å². The Hall–Kier alpha value is -2.09. The van der Waals surface area contributed by atoms with Crippen LogP contribution >= 0.6 is 0 Å². The number of aliphatic hydroxyl groups is 1. The minimum absolute atomic E-state index is 0.000391. The molecule has 1 saturated carbocycles. The summed E-state index contributed by atoms with van der Waals surface area (Å²) in [6, 6.07) is 6.51. The molecule has 1 unspecified atom stereocenters. The molecule has 0 saturated heterocycles. The monoisotopic (exact) mass is 344 g/mol. The molecular weight excluding hydrogens is 331 g/mol. The van der Waals surface area contributed by atoms with E-state index in [4.69, 9.17) is 0 Å². The van der Waals surface area contributed by atoms with Gasteiger partial charge in [-0.05, 0) is 24.3 Å². The molecule has 128 valence electrons. The molecule has 24 heavy (non-hydrogen) atoms. The Kier molecular flexibility index (Phi) is 3.82. The second-order valence-electron chi connectivity index (χ2n) is 5.95. The SMILES string of the molecule is OC(c1ccccn1)C1(c2ccc(C(F)(F)F)cn2)CC(F)(F)C1. The number of halogens is 5. The Bertz CT molecular complexity index is 707. The zero-order chi connectivity index (χ0) is 17.6. The molecule has 3 nitrogen and oxygen atoms in total. The Morgan fingerprint density at radius 3 is 2.21 bits per heavy atom. The summed E-state index contributed by atoms with van der Waals surface area (Å²) in [5.41, 5.74) is -2.25. The van der Waals surface area contributed by atoms with E-state index < -0.39 is 42.0 Å². The van der Waals surface area contributed by atoms with Crippen molar-refractivity contribution in [3.8, 4) is 0 Å². The molecule has 0 bridgehead atoms. The summed E-state index contributed by atoms with van der Waals surface area (Å²) in [5.74, 6) is -3.00. The Morgan fingerprint density at radius 2 is 1.75 bits per heavy atom. The Morgan fingerprint density at radius 1 is 1.04 bits per heavy atom. The first-order chi connectivity index (χ1) is 11.1. The van der Waals surface area contributed by atoms with Crippen LogP contribution in [0.1, 0.15) is 35.9 Å². The molecule has 1 aliphatic carbocycles. The third kappa shape index (κ3) is 2.86. The van der Waals surface area contributed by atoms with Gasteiger partial charge in [-0.25, -0.2) is 8.78 Å². The molecule has 2 heterocycles. The van der Waals surface area contributed by atoms with E-state index in [1.54, 1.807) is 12.1 Å². The van der Waals surface area contributed by atoms with E-state index in [0.29, 0.717) is 6.20 Å². The second-order valence-corrected chi connectivity index (χ2v) is 5.95. The summed E-state index contributed by atoms with van der Waals surface area (Å²) < 4.78 is 65.0. The van der Waals surface area contributed by atoms with Crippen molar-refractivity contribution in [3.05, 3.63) is 59.7 Å². The lowest BCUT2D eigenvalue weighted by molar-refractivity contribution is -0.165. The predicted molar refractivity (Wildman–Crippen MR) is 74.3 cm³/mol. The zero-order valence-electron chi connectivity index (χ0n) is 12.3. The largest absolute Gasteiger partial charge is 0.417 e. The van der Waals surface area contributed by atoms with Crippen LogP contribution in [-0.2, 0) is 11.6 Å². The molecule has 1 fully saturated rings. The summed E-state index contributed by atoms with van der Waals surface area (Å²) in [5, 5.41) is 10.5. The minimum Gasteiger partial charge on any atom is -0.386 e. The first-order valence-corrected chi connectivity index (χ1v) is 7.15. The summed E-state index contributed by atoms with van der Waals surface area (Å²) in [7, 11) is 0. The van der Waals surface area contributed by atoms with Gasteiger partial charge in [0.1, 0.15) is 6.10 Å². The molecule has 0 aromatic carbocycles. The smallest absolute Gasteiger partial charge is 0.386 e. The molecule has 3 rings (SSSR count). The number of alkyl halides is 5. The number of hydrogen-bond donors (Lipinski definition) is 1. The zero-order valence-corrected chi connectivity index (χ0v) is 12.3. The van der Waals surface area contributed by atoms with Crippen LogP contribution in [0, 0.1) is 0 Å². The van der Waals surface area contributed by atoms with E-state index in [-0.39, 0.29) is 11.4 Å². The van der Waals surface area contributed by atoms with E-state index in [0.717, 1.165) is 12.1 Å². The maximum Gasteiger partial charge on any atom is 0.417 e. The van der Waals surface area contributed by atoms with Crippen molar-refractivity contribution >= 4 is 0 Å². The van der Waals surface area contributed by atoms with E-state index >= 15 is 0 Å². The lowest BCUT2D eigenvalue weighted by Gasteiger charge is -2.49. The fourth-order valence-corrected chi connectivity index (χ4v) is 3.06. The van der Waals surface area contributed by atoms with Crippen molar-refractivity contribution in [2.24, 2.45) is 0 Å². The topological polar surface area (TPSA) is 46.0 Å². The fourth-order valence-electron chi connectivity index (χ4n) is 3.06. The molecule has 1 N–H and O–H groups in total. The minimum atomic E-state index is -4.57. The van der Waals surface area contributed by atoms with Crippen LogP contribution in [0.25, 0.3) is 0 Å². The summed E-state index contributed by atoms with van der Waals surface area (Å²) in [6.07, 6.45) is -5.35. The number of nitrogens with zero attached hydrogens (tertiary/aromatic N) is 2. The highest BCUT2D eigenvalue weighted by Crippen LogP contribution is 2.58. The van der Waals surface area contributed by atoms with E-state index in [2.05, 4.69) is 9.97 Å². The van der Waals surface area contributed by atoms with Crippen LogP contribution in [0.15, 0.2) is 42.7 Å². The number of aromatic nitrogens is 2. The molecule has 0 radical (unpaired) electrons. The van der Waals surface area contributed by atoms with Crippen molar-refractivity contribution in [1.29, 1.82) is 0 Å². The highest BCUT2D eigenvalue weighted by Gasteiger charge is 2.62. The third-order valence-electron chi connectivity index (χ3n) is 4.24. The average Bonchev–Trinajstić information content (AvgIpc) is 2.51. The average molecular weight is 344 g/mol. The van der Waals surface area contributed by atoms with Crippen molar-refractivity contribution < 1.29 is 27.1 Å². The maximum absolute atomic E-state index is 13.5. The molecule has 0 amide bonds. The standard InChI is InChI=1S/C16H13F5N2O/c17-15(18)8-14(9-15,13(24)11-3-1-2-6-22-11)12-5-4-10(7-23-12)16(19,20)21/h1-7,13,24H,8-9H2. The molecule has 1 aliphatic rings. The van der Waals surface area contributed by atoms with Crippen molar-refractivity contribution in [2.45, 2.75) is 36.5 Å². The molecule has 2 aromatic heterocycles. The van der Waals surface area contributed by atoms with Crippen LogP contribution in [-0.4, -0.2) is 21.0 Å². The van der Waals surface area contributed by atoms with Crippen molar-refractivity contribution in [1.82, 2.24) is 9.97 Å². The van der Waals surface area contributed by atoms with Crippen LogP contribution in [0.5, 0.6) is 0 Å². The van der Waals surface area contributed by atoms with Gasteiger partial charge in [-0.1, -0.05) is 6.07 Å². The molecule has 8 heteroatoms. The third-order valence-corrected chi connectivity index (χ3v) is 4.24. The highest BCUT2D eigenvalue weighted by molar-refractivity contribution is 5.32. The number of rotatable bonds is 3. The maximum atomic E-state index is 13.5. The van der Waals surface area contributed by atoms with Crippen molar-refractivity contribution in [3.63, 3.8) is 0 Å². The van der Waals surface area contributed by atoms with Gasteiger partial charge in [0.2, 0.25) is 5.92 Å². The molecule has 0 spiro atoms. The number of hydrogen-bond acceptors (Lipinski definition) is 3. The molecule has 2 aromatic rings. The van der Waals surface area contributed by atoms with Gasteiger partial charge >= 0.3 is 6.18 Å². The van der Waals surface area contributed by atoms with Gasteiger partial charge < -0.3 is 5.11 Å². The van der Waals surface area contributed by atoms with Crippen LogP contribution in [0.4, 0.5) is 22.0 Å². The fraction of sp³-hybridized carbons (Fsp3) is 0.375. The van der Waals surface area contributed by atoms with E-state index in [1.165, 1.54) is 12.3 Å². The normalized spacial score (nSPS) is 20.2. The van der Waals surface area contributed by atoms with Gasteiger partial charge in [0.15, 0.2) is 0 Å². The van der Waals surface area contributed by atoms with Gasteiger partial charge in [0, 0.05) is 30.9 Å². The van der Waals surface area contributed by atoms with Crippen LogP contribution in [0.2, 0.25) is 0 Å². The molecule has 0 aliphatic heterocycles. The lowest BCUT2D eigenvalue weighted by Crippen LogP contribution is -2.53. The highest BCUT2D eigenvalue weighted by atomic mass is 19.4. The van der Waals surface area contributed by atoms with Gasteiger partial charge in [0.05, 0.1) is 16.7 Å². The van der Waals surface area contributed by atoms with Crippen molar-refractivity contribution in [2.75, 3.05) is 0 Å². The second kappa shape index (κ2) is 5.47. The van der Waals surface area contributed by atoms with E-state index in [1.807, 2.05) is 0 Å². The lowest BCUT2D eigenvalue weighted by atomic mass is 9.60. The number of aliphatic hydroxyl groups excluding tert-OH is 1. The predicted octanol–water partition coefficient (Wildman–Crippen LogP) is 3.90. The number of pyridine rings is 2. The summed E-state index contributed by atoms with van der Waals surface area (Å²) in [6.45, 7) is 0. The van der Waals surface area contributed by atoms with Crippen LogP contribution in [0.3, 0.4) is 0 Å². The summed E-state index contributed by atoms with van der Waals surface area (Å²) in [4.78, 5) is 7.66. The van der Waals surface area contributed by atoms with Gasteiger partial charge in [-0.3, -0.25) is 9.97 Å². The van der Waals surface area contributed by atoms with Crippen LogP contribution < -0.4 is 0 Å². The summed E-state index contributed by atoms with van der Waals surface area (Å²) >= 11 is 0. The van der Waals surface area contributed by atoms with Gasteiger partial charge in [-0.2, -0.15) is 13.2 Å².